The van der Waals surface area contributed by atoms with Crippen molar-refractivity contribution in [1.82, 2.24) is 0 Å². The van der Waals surface area contributed by atoms with E-state index in [1.807, 2.05) is 0 Å². The molecule has 3 nitrogen and oxygen atoms in total. The van der Waals surface area contributed by atoms with E-state index >= 15 is 0 Å². The van der Waals surface area contributed by atoms with Crippen molar-refractivity contribution >= 4 is 27.6 Å². The van der Waals surface area contributed by atoms with Gasteiger partial charge in [-0.3, -0.25) is 0 Å². The largest absolute Gasteiger partial charge is 0.467 e. The van der Waals surface area contributed by atoms with E-state index in [2.05, 4.69) is 28.2 Å². The Bertz CT molecular complexity index is 412. The summed E-state index contributed by atoms with van der Waals surface area (Å²) in [7, 11) is 1.36. The van der Waals surface area contributed by atoms with Crippen LogP contribution in [-0.4, -0.2) is 19.1 Å². The van der Waals surface area contributed by atoms with Crippen LogP contribution in [0.25, 0.3) is 0 Å². The van der Waals surface area contributed by atoms with Crippen molar-refractivity contribution in [1.29, 1.82) is 0 Å². The lowest BCUT2D eigenvalue weighted by Crippen LogP contribution is -2.30. The van der Waals surface area contributed by atoms with Crippen LogP contribution in [0, 0.1) is 5.82 Å². The van der Waals surface area contributed by atoms with Gasteiger partial charge in [0.25, 0.3) is 0 Å². The van der Waals surface area contributed by atoms with Gasteiger partial charge < -0.3 is 10.1 Å². The van der Waals surface area contributed by atoms with E-state index in [0.717, 1.165) is 12.8 Å². The van der Waals surface area contributed by atoms with E-state index in [1.54, 1.807) is 12.1 Å². The summed E-state index contributed by atoms with van der Waals surface area (Å²) in [4.78, 5) is 11.6. The molecule has 18 heavy (non-hydrogen) atoms. The predicted molar refractivity (Wildman–Crippen MR) is 73.1 cm³/mol. The molecule has 0 bridgehead atoms. The molecule has 1 aromatic rings. The quantitative estimate of drug-likeness (QED) is 0.812. The molecule has 0 aromatic heterocycles. The number of benzene rings is 1. The van der Waals surface area contributed by atoms with Crippen LogP contribution in [0.2, 0.25) is 0 Å². The molecule has 100 valence electrons. The third-order valence-electron chi connectivity index (χ3n) is 2.59. The highest BCUT2D eigenvalue weighted by molar-refractivity contribution is 9.10. The number of esters is 1. The van der Waals surface area contributed by atoms with Crippen molar-refractivity contribution in [2.45, 2.75) is 32.2 Å². The number of hydrogen-bond acceptors (Lipinski definition) is 3. The minimum absolute atomic E-state index is 0.302. The standard InChI is InChI=1S/C13H17BrFNO2/c1-3-4-5-12(13(17)18-2)16-9-6-7-11(15)10(14)8-9/h6-8,12,16H,3-5H2,1-2H3. The molecule has 0 heterocycles. The zero-order valence-electron chi connectivity index (χ0n) is 10.5. The molecule has 0 saturated heterocycles. The Balaban J connectivity index is 2.75. The average molecular weight is 318 g/mol. The van der Waals surface area contributed by atoms with Crippen molar-refractivity contribution in [3.05, 3.63) is 28.5 Å². The summed E-state index contributed by atoms with van der Waals surface area (Å²) in [6.07, 6.45) is 2.62. The third kappa shape index (κ3) is 4.29. The number of unbranched alkanes of at least 4 members (excludes halogenated alkanes) is 1. The van der Waals surface area contributed by atoms with Crippen LogP contribution in [-0.2, 0) is 9.53 Å². The Kier molecular flexibility index (Phi) is 6.12. The van der Waals surface area contributed by atoms with Crippen molar-refractivity contribution < 1.29 is 13.9 Å². The number of nitrogens with one attached hydrogen (secondary N) is 1. The number of methoxy groups -OCH3 is 1. The Labute approximate surface area is 115 Å². The first-order chi connectivity index (χ1) is 8.58. The molecule has 5 heteroatoms. The van der Waals surface area contributed by atoms with Crippen molar-refractivity contribution in [3.63, 3.8) is 0 Å². The Morgan fingerprint density at radius 3 is 2.83 bits per heavy atom. The van der Waals surface area contributed by atoms with Gasteiger partial charge in [-0.2, -0.15) is 0 Å². The van der Waals surface area contributed by atoms with E-state index in [4.69, 9.17) is 4.74 Å². The van der Waals surface area contributed by atoms with Gasteiger partial charge in [0.15, 0.2) is 0 Å². The second kappa shape index (κ2) is 7.36. The maximum atomic E-state index is 13.1. The van der Waals surface area contributed by atoms with Gasteiger partial charge in [-0.1, -0.05) is 19.8 Å². The summed E-state index contributed by atoms with van der Waals surface area (Å²) in [6, 6.07) is 4.16. The van der Waals surface area contributed by atoms with Crippen LogP contribution in [0.3, 0.4) is 0 Å². The second-order valence-electron chi connectivity index (χ2n) is 3.99. The van der Waals surface area contributed by atoms with Crippen LogP contribution in [0.15, 0.2) is 22.7 Å². The first-order valence-electron chi connectivity index (χ1n) is 5.88. The number of carbonyl (C=O) groups excluding carboxylic acids is 1. The highest BCUT2D eigenvalue weighted by Gasteiger charge is 2.18. The molecule has 0 saturated carbocycles. The summed E-state index contributed by atoms with van der Waals surface area (Å²) in [5.41, 5.74) is 0.690. The molecule has 0 fully saturated rings. The summed E-state index contributed by atoms with van der Waals surface area (Å²) in [5.74, 6) is -0.632. The van der Waals surface area contributed by atoms with Crippen molar-refractivity contribution in [2.75, 3.05) is 12.4 Å². The Morgan fingerprint density at radius 2 is 2.28 bits per heavy atom. The van der Waals surface area contributed by atoms with Crippen LogP contribution >= 0.6 is 15.9 Å². The number of halogens is 2. The maximum Gasteiger partial charge on any atom is 0.328 e. The highest BCUT2D eigenvalue weighted by atomic mass is 79.9. The molecule has 0 radical (unpaired) electrons. The summed E-state index contributed by atoms with van der Waals surface area (Å²) >= 11 is 3.11. The van der Waals surface area contributed by atoms with Gasteiger partial charge in [0, 0.05) is 5.69 Å². The van der Waals surface area contributed by atoms with Crippen molar-refractivity contribution in [2.24, 2.45) is 0 Å². The molecule has 1 aromatic carbocycles. The van der Waals surface area contributed by atoms with E-state index < -0.39 is 6.04 Å². The van der Waals surface area contributed by atoms with Gasteiger partial charge in [-0.15, -0.1) is 0 Å². The monoisotopic (exact) mass is 317 g/mol. The van der Waals surface area contributed by atoms with E-state index in [1.165, 1.54) is 13.2 Å². The lowest BCUT2D eigenvalue weighted by Gasteiger charge is -2.17. The lowest BCUT2D eigenvalue weighted by atomic mass is 10.1. The van der Waals surface area contributed by atoms with E-state index in [0.29, 0.717) is 16.6 Å². The fourth-order valence-electron chi connectivity index (χ4n) is 1.59. The fraction of sp³-hybridized carbons (Fsp3) is 0.462. The fourth-order valence-corrected chi connectivity index (χ4v) is 1.97. The number of ether oxygens (including phenoxy) is 1. The first-order valence-corrected chi connectivity index (χ1v) is 6.67. The van der Waals surface area contributed by atoms with Crippen LogP contribution in [0.1, 0.15) is 26.2 Å². The molecular weight excluding hydrogens is 301 g/mol. The highest BCUT2D eigenvalue weighted by Crippen LogP contribution is 2.21. The minimum Gasteiger partial charge on any atom is -0.467 e. The van der Waals surface area contributed by atoms with E-state index in [9.17, 15) is 9.18 Å². The maximum absolute atomic E-state index is 13.1. The lowest BCUT2D eigenvalue weighted by molar-refractivity contribution is -0.141. The molecular formula is C13H17BrFNO2. The SMILES string of the molecule is CCCCC(Nc1ccc(F)c(Br)c1)C(=O)OC. The van der Waals surface area contributed by atoms with Crippen LogP contribution in [0.5, 0.6) is 0 Å². The summed E-state index contributed by atoms with van der Waals surface area (Å²) in [5, 5.41) is 3.06. The second-order valence-corrected chi connectivity index (χ2v) is 4.85. The zero-order chi connectivity index (χ0) is 13.5. The summed E-state index contributed by atoms with van der Waals surface area (Å²) in [6.45, 7) is 2.06. The summed E-state index contributed by atoms with van der Waals surface area (Å²) < 4.78 is 18.2. The van der Waals surface area contributed by atoms with Gasteiger partial charge in [0.2, 0.25) is 0 Å². The van der Waals surface area contributed by atoms with E-state index in [-0.39, 0.29) is 11.8 Å². The molecule has 0 aliphatic rings. The molecule has 0 spiro atoms. The van der Waals surface area contributed by atoms with Gasteiger partial charge in [0.1, 0.15) is 11.9 Å². The number of carbonyl (C=O) groups is 1. The van der Waals surface area contributed by atoms with Gasteiger partial charge in [-0.25, -0.2) is 9.18 Å². The minimum atomic E-state index is -0.396. The molecule has 0 aliphatic carbocycles. The topological polar surface area (TPSA) is 38.3 Å². The molecule has 1 atom stereocenters. The molecule has 0 aliphatic heterocycles. The zero-order valence-corrected chi connectivity index (χ0v) is 12.1. The Morgan fingerprint density at radius 1 is 1.56 bits per heavy atom. The number of anilines is 1. The van der Waals surface area contributed by atoms with Gasteiger partial charge in [-0.05, 0) is 40.5 Å². The van der Waals surface area contributed by atoms with Gasteiger partial charge in [0.05, 0.1) is 11.6 Å². The Hall–Kier alpha value is -1.10. The molecule has 1 unspecified atom stereocenters. The molecule has 1 rings (SSSR count). The van der Waals surface area contributed by atoms with Crippen LogP contribution in [0.4, 0.5) is 10.1 Å². The first kappa shape index (κ1) is 15.0. The molecule has 1 N–H and O–H groups in total. The van der Waals surface area contributed by atoms with Crippen molar-refractivity contribution in [3.8, 4) is 0 Å². The molecule has 0 amide bonds. The third-order valence-corrected chi connectivity index (χ3v) is 3.20. The predicted octanol–water partition coefficient (Wildman–Crippen LogP) is 3.73. The average Bonchev–Trinajstić information content (AvgIpc) is 2.37. The number of rotatable bonds is 6. The van der Waals surface area contributed by atoms with Crippen LogP contribution < -0.4 is 5.32 Å². The smallest absolute Gasteiger partial charge is 0.328 e. The normalized spacial score (nSPS) is 12.0. The van der Waals surface area contributed by atoms with Gasteiger partial charge >= 0.3 is 5.97 Å². The number of hydrogen-bond donors (Lipinski definition) is 1.